The third kappa shape index (κ3) is 4.31. The lowest BCUT2D eigenvalue weighted by atomic mass is 9.94. The fourth-order valence-corrected chi connectivity index (χ4v) is 4.34. The fourth-order valence-electron chi connectivity index (χ4n) is 4.34. The predicted octanol–water partition coefficient (Wildman–Crippen LogP) is 3.15. The second-order valence-corrected chi connectivity index (χ2v) is 7.48. The van der Waals surface area contributed by atoms with Crippen molar-refractivity contribution in [2.45, 2.75) is 51.5 Å². The van der Waals surface area contributed by atoms with Gasteiger partial charge in [-0.3, -0.25) is 9.59 Å². The van der Waals surface area contributed by atoms with Crippen LogP contribution >= 0.6 is 0 Å². The molecule has 1 aromatic carbocycles. The van der Waals surface area contributed by atoms with Crippen LogP contribution < -0.4 is 4.74 Å². The van der Waals surface area contributed by atoms with Crippen molar-refractivity contribution in [1.29, 1.82) is 0 Å². The minimum Gasteiger partial charge on any atom is -0.494 e. The number of ether oxygens (including phenoxy) is 1. The maximum absolute atomic E-state index is 12.6. The summed E-state index contributed by atoms with van der Waals surface area (Å²) < 4.78 is 5.50. The highest BCUT2D eigenvalue weighted by molar-refractivity contribution is 5.98. The average molecular weight is 373 g/mol. The van der Waals surface area contributed by atoms with Crippen LogP contribution in [0.15, 0.2) is 24.3 Å². The van der Waals surface area contributed by atoms with Gasteiger partial charge in [-0.25, -0.2) is 4.79 Å². The molecule has 1 saturated heterocycles. The Morgan fingerprint density at radius 2 is 1.89 bits per heavy atom. The van der Waals surface area contributed by atoms with Gasteiger partial charge in [-0.05, 0) is 55.4 Å². The SMILES string of the molecule is CCCOc1ccc(C(=O)CCC(=O)N2CC3CCCC3C2C(=O)O)cc1. The monoisotopic (exact) mass is 373 g/mol. The summed E-state index contributed by atoms with van der Waals surface area (Å²) in [6.45, 7) is 3.17. The number of amides is 1. The van der Waals surface area contributed by atoms with Crippen LogP contribution in [0.25, 0.3) is 0 Å². The zero-order chi connectivity index (χ0) is 19.4. The molecule has 0 spiro atoms. The van der Waals surface area contributed by atoms with Crippen molar-refractivity contribution in [3.8, 4) is 5.75 Å². The number of carbonyl (C=O) groups excluding carboxylic acids is 2. The first kappa shape index (κ1) is 19.4. The molecule has 1 aliphatic carbocycles. The van der Waals surface area contributed by atoms with Crippen LogP contribution in [0.2, 0.25) is 0 Å². The molecule has 2 aliphatic rings. The molecular weight excluding hydrogens is 346 g/mol. The number of carboxylic acids is 1. The van der Waals surface area contributed by atoms with Crippen LogP contribution in [0.1, 0.15) is 55.8 Å². The van der Waals surface area contributed by atoms with E-state index in [9.17, 15) is 19.5 Å². The largest absolute Gasteiger partial charge is 0.494 e. The molecule has 1 aliphatic heterocycles. The number of ketones is 1. The molecular formula is C21H27NO5. The molecule has 27 heavy (non-hydrogen) atoms. The second-order valence-electron chi connectivity index (χ2n) is 7.48. The molecule has 1 saturated carbocycles. The number of aliphatic carboxylic acids is 1. The molecule has 146 valence electrons. The van der Waals surface area contributed by atoms with Gasteiger partial charge >= 0.3 is 5.97 Å². The zero-order valence-electron chi connectivity index (χ0n) is 15.7. The van der Waals surface area contributed by atoms with Crippen LogP contribution in [0.5, 0.6) is 5.75 Å². The summed E-state index contributed by atoms with van der Waals surface area (Å²) in [5.74, 6) is -0.187. The first-order valence-electron chi connectivity index (χ1n) is 9.79. The van der Waals surface area contributed by atoms with E-state index in [4.69, 9.17) is 4.74 Å². The Morgan fingerprint density at radius 3 is 2.56 bits per heavy atom. The standard InChI is InChI=1S/C21H27NO5/c1-2-12-27-16-8-6-14(7-9-16)18(23)10-11-19(24)22-13-15-4-3-5-17(15)20(22)21(25)26/h6-9,15,17,20H,2-5,10-13H2,1H3,(H,25,26). The number of Topliss-reactive ketones (excluding diaryl/α,β-unsaturated/α-hetero) is 1. The van der Waals surface area contributed by atoms with Crippen molar-refractivity contribution in [1.82, 2.24) is 4.90 Å². The Hall–Kier alpha value is -2.37. The molecule has 6 heteroatoms. The van der Waals surface area contributed by atoms with E-state index in [1.807, 2.05) is 6.92 Å². The molecule has 2 fully saturated rings. The minimum absolute atomic E-state index is 0.0517. The topological polar surface area (TPSA) is 83.9 Å². The lowest BCUT2D eigenvalue weighted by Crippen LogP contribution is -2.43. The Balaban J connectivity index is 1.55. The summed E-state index contributed by atoms with van der Waals surface area (Å²) in [6.07, 6.45) is 3.96. The molecule has 1 N–H and O–H groups in total. The summed E-state index contributed by atoms with van der Waals surface area (Å²) in [5, 5.41) is 9.55. The van der Waals surface area contributed by atoms with Gasteiger partial charge in [0.1, 0.15) is 11.8 Å². The number of likely N-dealkylation sites (tertiary alicyclic amines) is 1. The van der Waals surface area contributed by atoms with Crippen molar-refractivity contribution in [3.63, 3.8) is 0 Å². The van der Waals surface area contributed by atoms with Gasteiger partial charge in [0.25, 0.3) is 0 Å². The molecule has 1 amide bonds. The van der Waals surface area contributed by atoms with Gasteiger partial charge in [-0.1, -0.05) is 13.3 Å². The Labute approximate surface area is 159 Å². The molecule has 0 radical (unpaired) electrons. The maximum atomic E-state index is 12.6. The lowest BCUT2D eigenvalue weighted by Gasteiger charge is -2.24. The van der Waals surface area contributed by atoms with E-state index in [-0.39, 0.29) is 30.4 Å². The number of nitrogens with zero attached hydrogens (tertiary/aromatic N) is 1. The van der Waals surface area contributed by atoms with E-state index < -0.39 is 12.0 Å². The summed E-state index contributed by atoms with van der Waals surface area (Å²) in [6, 6.07) is 6.20. The van der Waals surface area contributed by atoms with Crippen LogP contribution in [0.3, 0.4) is 0 Å². The fraction of sp³-hybridized carbons (Fsp3) is 0.571. The molecule has 3 atom stereocenters. The predicted molar refractivity (Wildman–Crippen MR) is 99.8 cm³/mol. The normalized spacial score (nSPS) is 23.9. The first-order valence-corrected chi connectivity index (χ1v) is 9.79. The maximum Gasteiger partial charge on any atom is 0.326 e. The van der Waals surface area contributed by atoms with Gasteiger partial charge in [0.05, 0.1) is 6.61 Å². The number of hydrogen-bond acceptors (Lipinski definition) is 4. The second kappa shape index (κ2) is 8.55. The lowest BCUT2D eigenvalue weighted by molar-refractivity contribution is -0.149. The number of fused-ring (bicyclic) bond motifs is 1. The number of carbonyl (C=O) groups is 3. The highest BCUT2D eigenvalue weighted by atomic mass is 16.5. The van der Waals surface area contributed by atoms with Gasteiger partial charge < -0.3 is 14.7 Å². The van der Waals surface area contributed by atoms with Gasteiger partial charge in [-0.2, -0.15) is 0 Å². The van der Waals surface area contributed by atoms with Crippen molar-refractivity contribution >= 4 is 17.7 Å². The van der Waals surface area contributed by atoms with E-state index in [1.165, 1.54) is 4.90 Å². The van der Waals surface area contributed by atoms with Crippen molar-refractivity contribution < 1.29 is 24.2 Å². The zero-order valence-corrected chi connectivity index (χ0v) is 15.7. The third-order valence-electron chi connectivity index (χ3n) is 5.68. The minimum atomic E-state index is -0.924. The van der Waals surface area contributed by atoms with Crippen molar-refractivity contribution in [3.05, 3.63) is 29.8 Å². The van der Waals surface area contributed by atoms with Crippen LogP contribution in [-0.2, 0) is 9.59 Å². The highest BCUT2D eigenvalue weighted by Gasteiger charge is 2.49. The summed E-state index contributed by atoms with van der Waals surface area (Å²) in [7, 11) is 0. The molecule has 0 bridgehead atoms. The van der Waals surface area contributed by atoms with Crippen molar-refractivity contribution in [2.24, 2.45) is 11.8 Å². The summed E-state index contributed by atoms with van der Waals surface area (Å²) in [4.78, 5) is 38.1. The Morgan fingerprint density at radius 1 is 1.15 bits per heavy atom. The molecule has 3 rings (SSSR count). The third-order valence-corrected chi connectivity index (χ3v) is 5.68. The number of rotatable bonds is 8. The average Bonchev–Trinajstić information content (AvgIpc) is 3.25. The molecule has 1 aromatic rings. The first-order chi connectivity index (χ1) is 13.0. The van der Waals surface area contributed by atoms with E-state index in [1.54, 1.807) is 24.3 Å². The van der Waals surface area contributed by atoms with E-state index >= 15 is 0 Å². The van der Waals surface area contributed by atoms with E-state index in [2.05, 4.69) is 0 Å². The number of carboxylic acid groups (broad SMARTS) is 1. The van der Waals surface area contributed by atoms with Gasteiger partial charge in [0, 0.05) is 24.9 Å². The van der Waals surface area contributed by atoms with Crippen LogP contribution in [-0.4, -0.2) is 46.9 Å². The van der Waals surface area contributed by atoms with Gasteiger partial charge in [0.15, 0.2) is 5.78 Å². The highest BCUT2D eigenvalue weighted by Crippen LogP contribution is 2.42. The smallest absolute Gasteiger partial charge is 0.326 e. The number of benzene rings is 1. The van der Waals surface area contributed by atoms with E-state index in [0.29, 0.717) is 24.6 Å². The van der Waals surface area contributed by atoms with Crippen LogP contribution in [0.4, 0.5) is 0 Å². The van der Waals surface area contributed by atoms with Gasteiger partial charge in [-0.15, -0.1) is 0 Å². The van der Waals surface area contributed by atoms with E-state index in [0.717, 1.165) is 31.4 Å². The number of hydrogen-bond donors (Lipinski definition) is 1. The van der Waals surface area contributed by atoms with Crippen LogP contribution in [0, 0.1) is 11.8 Å². The molecule has 6 nitrogen and oxygen atoms in total. The Kier molecular flexibility index (Phi) is 6.14. The summed E-state index contributed by atoms with van der Waals surface area (Å²) >= 11 is 0. The quantitative estimate of drug-likeness (QED) is 0.708. The summed E-state index contributed by atoms with van der Waals surface area (Å²) in [5.41, 5.74) is 0.541. The molecule has 1 heterocycles. The molecule has 0 aromatic heterocycles. The molecule has 3 unspecified atom stereocenters. The van der Waals surface area contributed by atoms with Gasteiger partial charge in [0.2, 0.25) is 5.91 Å². The van der Waals surface area contributed by atoms with Crippen molar-refractivity contribution in [2.75, 3.05) is 13.2 Å². The Bertz CT molecular complexity index is 699.